The van der Waals surface area contributed by atoms with Crippen molar-refractivity contribution in [2.45, 2.75) is 0 Å². The van der Waals surface area contributed by atoms with Gasteiger partial charge in [0.2, 0.25) is 5.82 Å². The number of hydroxylamine groups is 2. The summed E-state index contributed by atoms with van der Waals surface area (Å²) in [7, 11) is 0. The van der Waals surface area contributed by atoms with Gasteiger partial charge in [-0.25, -0.2) is 0 Å². The van der Waals surface area contributed by atoms with Gasteiger partial charge in [0.15, 0.2) is 0 Å². The molecule has 1 heterocycles. The fourth-order valence-corrected chi connectivity index (χ4v) is 0.545. The minimum Gasteiger partial charge on any atom is -0.623 e. The molecule has 9 heavy (non-hydrogen) atoms. The molecule has 0 amide bonds. The minimum absolute atomic E-state index is 0.125. The molecule has 0 aromatic carbocycles. The first-order chi connectivity index (χ1) is 4.30. The Balaban J connectivity index is 2.80. The van der Waals surface area contributed by atoms with Crippen molar-refractivity contribution in [3.05, 3.63) is 41.5 Å². The van der Waals surface area contributed by atoms with E-state index in [0.29, 0.717) is 5.82 Å². The monoisotopic (exact) mass is 124 g/mol. The third-order valence-electron chi connectivity index (χ3n) is 1.03. The Morgan fingerprint density at radius 1 is 1.33 bits per heavy atom. The molecule has 1 aliphatic rings. The first-order valence-electron chi connectivity index (χ1n) is 2.65. The molecule has 0 saturated heterocycles. The van der Waals surface area contributed by atoms with E-state index in [1.54, 1.807) is 24.3 Å². The summed E-state index contributed by atoms with van der Waals surface area (Å²) in [5, 5.41) is 10.6. The Morgan fingerprint density at radius 3 is 2.89 bits per heavy atom. The Hall–Kier alpha value is -1.06. The molecule has 0 aromatic heterocycles. The molecule has 0 aromatic rings. The van der Waals surface area contributed by atoms with Gasteiger partial charge >= 0.3 is 0 Å². The summed E-state index contributed by atoms with van der Waals surface area (Å²) in [4.78, 5) is 0. The van der Waals surface area contributed by atoms with E-state index in [9.17, 15) is 5.21 Å². The van der Waals surface area contributed by atoms with Crippen LogP contribution in [0.5, 0.6) is 0 Å². The van der Waals surface area contributed by atoms with Crippen molar-refractivity contribution >= 4 is 0 Å². The van der Waals surface area contributed by atoms with Gasteiger partial charge in [0, 0.05) is 6.08 Å². The van der Waals surface area contributed by atoms with Crippen LogP contribution in [0.3, 0.4) is 0 Å². The lowest BCUT2D eigenvalue weighted by Gasteiger charge is -2.14. The second-order valence-electron chi connectivity index (χ2n) is 1.73. The molecule has 3 N–H and O–H groups in total. The van der Waals surface area contributed by atoms with Crippen LogP contribution in [-0.2, 0) is 0 Å². The molecule has 3 nitrogen and oxygen atoms in total. The van der Waals surface area contributed by atoms with E-state index in [2.05, 4.69) is 0 Å². The van der Waals surface area contributed by atoms with Crippen LogP contribution in [0, 0.1) is 5.21 Å². The van der Waals surface area contributed by atoms with Crippen molar-refractivity contribution in [2.24, 2.45) is 5.73 Å². The topological polar surface area (TPSA) is 53.5 Å². The molecule has 0 spiro atoms. The minimum atomic E-state index is -0.125. The lowest BCUT2D eigenvalue weighted by atomic mass is 10.5. The van der Waals surface area contributed by atoms with Crippen LogP contribution < -0.4 is 10.8 Å². The first kappa shape index (κ1) is 6.07. The van der Waals surface area contributed by atoms with Crippen molar-refractivity contribution in [2.75, 3.05) is 0 Å². The average molecular weight is 124 g/mol. The van der Waals surface area contributed by atoms with Gasteiger partial charge in [0.1, 0.15) is 6.20 Å². The fourth-order valence-electron chi connectivity index (χ4n) is 0.545. The van der Waals surface area contributed by atoms with Crippen LogP contribution in [0.2, 0.25) is 0 Å². The highest BCUT2D eigenvalue weighted by atomic mass is 16.5. The van der Waals surface area contributed by atoms with Gasteiger partial charge in [-0.15, -0.1) is 0 Å². The van der Waals surface area contributed by atoms with Gasteiger partial charge in [-0.05, 0) is 6.08 Å². The highest BCUT2D eigenvalue weighted by Crippen LogP contribution is 1.82. The molecule has 0 radical (unpaired) electrons. The third kappa shape index (κ3) is 1.42. The maximum absolute atomic E-state index is 10.7. The number of rotatable bonds is 0. The zero-order valence-corrected chi connectivity index (χ0v) is 4.87. The zero-order chi connectivity index (χ0) is 6.69. The highest BCUT2D eigenvalue weighted by molar-refractivity contribution is 5.13. The van der Waals surface area contributed by atoms with Crippen LogP contribution in [0.1, 0.15) is 0 Å². The Labute approximate surface area is 53.3 Å². The smallest absolute Gasteiger partial charge is 0.201 e. The van der Waals surface area contributed by atoms with E-state index < -0.39 is 0 Å². The van der Waals surface area contributed by atoms with Gasteiger partial charge in [0.25, 0.3) is 0 Å². The van der Waals surface area contributed by atoms with Gasteiger partial charge in [0.05, 0.1) is 0 Å². The molecule has 1 unspecified atom stereocenters. The number of nitrogens with one attached hydrogen (secondary N) is 1. The molecular formula is C6H8N2O. The first-order valence-corrected chi connectivity index (χ1v) is 2.65. The Morgan fingerprint density at radius 2 is 2.11 bits per heavy atom. The van der Waals surface area contributed by atoms with Crippen molar-refractivity contribution in [1.29, 1.82) is 0 Å². The van der Waals surface area contributed by atoms with Gasteiger partial charge < -0.3 is 10.9 Å². The highest BCUT2D eigenvalue weighted by Gasteiger charge is 1.94. The van der Waals surface area contributed by atoms with Crippen LogP contribution in [0.15, 0.2) is 36.3 Å². The predicted octanol–water partition coefficient (Wildman–Crippen LogP) is -0.747. The molecule has 1 aliphatic heterocycles. The maximum atomic E-state index is 10.7. The summed E-state index contributed by atoms with van der Waals surface area (Å²) in [5.74, 6) is 0.292. The second-order valence-corrected chi connectivity index (χ2v) is 1.73. The largest absolute Gasteiger partial charge is 0.623 e. The van der Waals surface area contributed by atoms with E-state index in [0.717, 1.165) is 0 Å². The van der Waals surface area contributed by atoms with E-state index in [-0.39, 0.29) is 5.06 Å². The summed E-state index contributed by atoms with van der Waals surface area (Å²) in [6.07, 6.45) is 8.19. The quantitative estimate of drug-likeness (QED) is 0.417. The molecular weight excluding hydrogens is 116 g/mol. The second kappa shape index (κ2) is 2.48. The molecule has 1 atom stereocenters. The molecule has 0 aliphatic carbocycles. The molecule has 3 heteroatoms. The van der Waals surface area contributed by atoms with Gasteiger partial charge in [-0.1, -0.05) is 12.2 Å². The average Bonchev–Trinajstić information content (AvgIpc) is 1.99. The van der Waals surface area contributed by atoms with Crippen LogP contribution >= 0.6 is 0 Å². The predicted molar refractivity (Wildman–Crippen MR) is 34.9 cm³/mol. The third-order valence-corrected chi connectivity index (χ3v) is 1.03. The number of quaternary nitrogens is 1. The van der Waals surface area contributed by atoms with E-state index in [1.807, 2.05) is 0 Å². The summed E-state index contributed by atoms with van der Waals surface area (Å²) in [5.41, 5.74) is 5.29. The summed E-state index contributed by atoms with van der Waals surface area (Å²) in [6, 6.07) is 0. The lowest BCUT2D eigenvalue weighted by molar-refractivity contribution is -0.747. The van der Waals surface area contributed by atoms with E-state index in [1.165, 1.54) is 6.20 Å². The Bertz CT molecular complexity index is 181. The lowest BCUT2D eigenvalue weighted by Crippen LogP contribution is -3.01. The Kier molecular flexibility index (Phi) is 1.67. The summed E-state index contributed by atoms with van der Waals surface area (Å²) >= 11 is 0. The normalized spacial score (nSPS) is 25.4. The number of nitrogens with two attached hydrogens (primary N) is 1. The van der Waals surface area contributed by atoms with Crippen LogP contribution in [0.25, 0.3) is 0 Å². The van der Waals surface area contributed by atoms with Gasteiger partial charge in [-0.2, -0.15) is 0 Å². The standard InChI is InChI=1S/C6H8N2O/c7-6-4-2-1-3-5-8(6)9/h1-5,8H,7H2. The summed E-state index contributed by atoms with van der Waals surface area (Å²) in [6.45, 7) is 0. The molecule has 48 valence electrons. The molecule has 0 fully saturated rings. The van der Waals surface area contributed by atoms with Gasteiger partial charge in [-0.3, -0.25) is 5.06 Å². The SMILES string of the molecule is NC1=CC=CC=C[NH+]1[O-]. The zero-order valence-electron chi connectivity index (χ0n) is 4.87. The fraction of sp³-hybridized carbons (Fsp3) is 0. The van der Waals surface area contributed by atoms with Crippen molar-refractivity contribution < 1.29 is 5.06 Å². The number of hydrogen-bond acceptors (Lipinski definition) is 2. The molecule has 0 bridgehead atoms. The molecule has 1 rings (SSSR count). The summed E-state index contributed by atoms with van der Waals surface area (Å²) < 4.78 is 0. The van der Waals surface area contributed by atoms with E-state index >= 15 is 0 Å². The van der Waals surface area contributed by atoms with E-state index in [4.69, 9.17) is 5.73 Å². The van der Waals surface area contributed by atoms with Crippen molar-refractivity contribution in [1.82, 2.24) is 0 Å². The number of hydrogen-bond donors (Lipinski definition) is 2. The van der Waals surface area contributed by atoms with Crippen molar-refractivity contribution in [3.63, 3.8) is 0 Å². The number of allylic oxidation sites excluding steroid dienone is 4. The van der Waals surface area contributed by atoms with Crippen molar-refractivity contribution in [3.8, 4) is 0 Å². The van der Waals surface area contributed by atoms with Crippen LogP contribution in [0.4, 0.5) is 0 Å². The van der Waals surface area contributed by atoms with Crippen LogP contribution in [-0.4, -0.2) is 0 Å². The molecule has 0 saturated carbocycles. The maximum Gasteiger partial charge on any atom is 0.201 e.